The van der Waals surface area contributed by atoms with Crippen molar-refractivity contribution in [1.29, 1.82) is 0 Å². The van der Waals surface area contributed by atoms with E-state index in [4.69, 9.17) is 0 Å². The smallest absolute Gasteiger partial charge is 0.325 e. The molecule has 0 bridgehead atoms. The molecule has 7 heteroatoms. The summed E-state index contributed by atoms with van der Waals surface area (Å²) in [6, 6.07) is -0.263. The molecule has 0 aromatic carbocycles. The SMILES string of the molecule is CCn1cncc1CN1C(=O)NC(CCC(C)C)(C2CCNCC2)C1=O. The maximum atomic E-state index is 13.5. The molecular formula is C19H31N5O2. The van der Waals surface area contributed by atoms with E-state index >= 15 is 0 Å². The fourth-order valence-electron chi connectivity index (χ4n) is 4.20. The lowest BCUT2D eigenvalue weighted by Crippen LogP contribution is -2.55. The zero-order chi connectivity index (χ0) is 18.7. The number of nitrogens with zero attached hydrogens (tertiary/aromatic N) is 3. The molecule has 1 atom stereocenters. The molecule has 1 aromatic rings. The average Bonchev–Trinajstić information content (AvgIpc) is 3.19. The molecule has 2 fully saturated rings. The van der Waals surface area contributed by atoms with Gasteiger partial charge in [-0.1, -0.05) is 13.8 Å². The summed E-state index contributed by atoms with van der Waals surface area (Å²) in [5.41, 5.74) is 0.140. The van der Waals surface area contributed by atoms with Gasteiger partial charge in [-0.25, -0.2) is 9.78 Å². The molecule has 0 radical (unpaired) electrons. The number of piperidine rings is 1. The number of urea groups is 1. The first-order chi connectivity index (χ1) is 12.5. The monoisotopic (exact) mass is 361 g/mol. The van der Waals surface area contributed by atoms with Crippen molar-refractivity contribution in [2.75, 3.05) is 13.1 Å². The third-order valence-electron chi connectivity index (χ3n) is 5.81. The van der Waals surface area contributed by atoms with Gasteiger partial charge < -0.3 is 15.2 Å². The lowest BCUT2D eigenvalue weighted by molar-refractivity contribution is -0.134. The first-order valence-corrected chi connectivity index (χ1v) is 9.81. The van der Waals surface area contributed by atoms with Crippen molar-refractivity contribution in [2.45, 2.75) is 65.1 Å². The number of nitrogens with one attached hydrogen (secondary N) is 2. The lowest BCUT2D eigenvalue weighted by atomic mass is 9.74. The van der Waals surface area contributed by atoms with E-state index in [0.29, 0.717) is 12.3 Å². The van der Waals surface area contributed by atoms with Crippen molar-refractivity contribution in [1.82, 2.24) is 25.1 Å². The molecule has 1 unspecified atom stereocenters. The van der Waals surface area contributed by atoms with Crippen LogP contribution in [0.15, 0.2) is 12.5 Å². The number of carbonyl (C=O) groups excluding carboxylic acids is 2. The molecule has 26 heavy (non-hydrogen) atoms. The second-order valence-electron chi connectivity index (χ2n) is 7.92. The summed E-state index contributed by atoms with van der Waals surface area (Å²) in [5.74, 6) is 0.632. The van der Waals surface area contributed by atoms with Gasteiger partial charge in [0.05, 0.1) is 18.6 Å². The third kappa shape index (κ3) is 3.49. The van der Waals surface area contributed by atoms with Crippen molar-refractivity contribution in [3.8, 4) is 0 Å². The summed E-state index contributed by atoms with van der Waals surface area (Å²) in [6.45, 7) is 9.21. The van der Waals surface area contributed by atoms with Crippen molar-refractivity contribution in [3.63, 3.8) is 0 Å². The Morgan fingerprint density at radius 1 is 1.31 bits per heavy atom. The van der Waals surface area contributed by atoms with Crippen LogP contribution in [0.4, 0.5) is 4.79 Å². The quantitative estimate of drug-likeness (QED) is 0.729. The number of aromatic nitrogens is 2. The maximum Gasteiger partial charge on any atom is 0.325 e. The van der Waals surface area contributed by atoms with Crippen LogP contribution < -0.4 is 10.6 Å². The fourth-order valence-corrected chi connectivity index (χ4v) is 4.20. The fraction of sp³-hybridized carbons (Fsp3) is 0.737. The largest absolute Gasteiger partial charge is 0.333 e. The van der Waals surface area contributed by atoms with E-state index in [0.717, 1.165) is 44.6 Å². The Balaban J connectivity index is 1.85. The van der Waals surface area contributed by atoms with Crippen LogP contribution in [0.3, 0.4) is 0 Å². The summed E-state index contributed by atoms with van der Waals surface area (Å²) in [7, 11) is 0. The second-order valence-corrected chi connectivity index (χ2v) is 7.92. The number of imide groups is 1. The number of imidazole rings is 1. The molecule has 3 amide bonds. The molecule has 1 aromatic heterocycles. The van der Waals surface area contributed by atoms with E-state index in [-0.39, 0.29) is 24.4 Å². The molecule has 7 nitrogen and oxygen atoms in total. The summed E-state index contributed by atoms with van der Waals surface area (Å²) >= 11 is 0. The lowest BCUT2D eigenvalue weighted by Gasteiger charge is -2.38. The number of aryl methyl sites for hydroxylation is 1. The highest BCUT2D eigenvalue weighted by Crippen LogP contribution is 2.37. The molecular weight excluding hydrogens is 330 g/mol. The summed E-state index contributed by atoms with van der Waals surface area (Å²) in [6.07, 6.45) is 6.96. The van der Waals surface area contributed by atoms with Crippen LogP contribution in [0.25, 0.3) is 0 Å². The van der Waals surface area contributed by atoms with Gasteiger partial charge in [0.1, 0.15) is 5.54 Å². The molecule has 2 N–H and O–H groups in total. The standard InChI is InChI=1S/C19H31N5O2/c1-4-23-13-21-11-16(23)12-24-17(25)19(22-18(24)26,8-5-14(2)3)15-6-9-20-10-7-15/h11,13-15,20H,4-10,12H2,1-3H3,(H,22,26). The van der Waals surface area contributed by atoms with Crippen LogP contribution in [0.2, 0.25) is 0 Å². The Morgan fingerprint density at radius 3 is 2.69 bits per heavy atom. The van der Waals surface area contributed by atoms with Crippen LogP contribution >= 0.6 is 0 Å². The highest BCUT2D eigenvalue weighted by Gasteiger charge is 2.55. The van der Waals surface area contributed by atoms with Gasteiger partial charge in [0.25, 0.3) is 5.91 Å². The molecule has 144 valence electrons. The van der Waals surface area contributed by atoms with Crippen molar-refractivity contribution in [3.05, 3.63) is 18.2 Å². The van der Waals surface area contributed by atoms with E-state index in [2.05, 4.69) is 29.5 Å². The Labute approximate surface area is 155 Å². The van der Waals surface area contributed by atoms with Gasteiger partial charge in [0, 0.05) is 12.7 Å². The van der Waals surface area contributed by atoms with Gasteiger partial charge in [-0.2, -0.15) is 0 Å². The molecule has 2 aliphatic heterocycles. The summed E-state index contributed by atoms with van der Waals surface area (Å²) < 4.78 is 1.97. The average molecular weight is 361 g/mol. The normalized spacial score (nSPS) is 24.5. The van der Waals surface area contributed by atoms with Gasteiger partial charge in [0.2, 0.25) is 0 Å². The summed E-state index contributed by atoms with van der Waals surface area (Å²) in [4.78, 5) is 31.8. The predicted molar refractivity (Wildman–Crippen MR) is 99.4 cm³/mol. The molecule has 3 heterocycles. The van der Waals surface area contributed by atoms with E-state index < -0.39 is 5.54 Å². The van der Waals surface area contributed by atoms with Crippen molar-refractivity contribution < 1.29 is 9.59 Å². The van der Waals surface area contributed by atoms with Crippen molar-refractivity contribution >= 4 is 11.9 Å². The highest BCUT2D eigenvalue weighted by atomic mass is 16.2. The van der Waals surface area contributed by atoms with Gasteiger partial charge >= 0.3 is 6.03 Å². The number of rotatable bonds is 7. The Hall–Kier alpha value is -1.89. The number of hydrogen-bond acceptors (Lipinski definition) is 4. The first-order valence-electron chi connectivity index (χ1n) is 9.81. The molecule has 0 saturated carbocycles. The van der Waals surface area contributed by atoms with E-state index in [1.54, 1.807) is 12.5 Å². The molecule has 0 aliphatic carbocycles. The van der Waals surface area contributed by atoms with Crippen LogP contribution in [-0.2, 0) is 17.9 Å². The Morgan fingerprint density at radius 2 is 2.04 bits per heavy atom. The second kappa shape index (κ2) is 7.78. The number of hydrogen-bond donors (Lipinski definition) is 2. The molecule has 2 aliphatic rings. The van der Waals surface area contributed by atoms with Gasteiger partial charge in [0.15, 0.2) is 0 Å². The van der Waals surface area contributed by atoms with Crippen LogP contribution in [0.1, 0.15) is 52.1 Å². The van der Waals surface area contributed by atoms with E-state index in [1.165, 1.54) is 4.90 Å². The zero-order valence-electron chi connectivity index (χ0n) is 16.1. The van der Waals surface area contributed by atoms with Gasteiger partial charge in [-0.15, -0.1) is 0 Å². The first kappa shape index (κ1) is 18.9. The minimum atomic E-state index is -0.749. The third-order valence-corrected chi connectivity index (χ3v) is 5.81. The topological polar surface area (TPSA) is 79.3 Å². The van der Waals surface area contributed by atoms with Gasteiger partial charge in [-0.05, 0) is 57.5 Å². The highest BCUT2D eigenvalue weighted by molar-refractivity contribution is 6.07. The maximum absolute atomic E-state index is 13.5. The molecule has 3 rings (SSSR count). The van der Waals surface area contributed by atoms with Crippen LogP contribution in [0.5, 0.6) is 0 Å². The number of carbonyl (C=O) groups is 2. The van der Waals surface area contributed by atoms with E-state index in [1.807, 2.05) is 11.5 Å². The van der Waals surface area contributed by atoms with Gasteiger partial charge in [-0.3, -0.25) is 9.69 Å². The minimum Gasteiger partial charge on any atom is -0.333 e. The van der Waals surface area contributed by atoms with Crippen LogP contribution in [-0.4, -0.2) is 45.0 Å². The summed E-state index contributed by atoms with van der Waals surface area (Å²) in [5, 5.41) is 6.48. The molecule has 0 spiro atoms. The zero-order valence-corrected chi connectivity index (χ0v) is 16.1. The Kier molecular flexibility index (Phi) is 5.65. The minimum absolute atomic E-state index is 0.0566. The predicted octanol–water partition coefficient (Wildman–Crippen LogP) is 2.13. The number of amides is 3. The molecule has 2 saturated heterocycles. The Bertz CT molecular complexity index is 650. The van der Waals surface area contributed by atoms with E-state index in [9.17, 15) is 9.59 Å². The van der Waals surface area contributed by atoms with Crippen molar-refractivity contribution in [2.24, 2.45) is 11.8 Å². The van der Waals surface area contributed by atoms with Crippen LogP contribution in [0, 0.1) is 11.8 Å².